The SMILES string of the molecule is COC(=O)c1cc2cc(C(F)(F)C(F)(F)F)ccc2s1. The van der Waals surface area contributed by atoms with Crippen molar-refractivity contribution in [2.75, 3.05) is 7.11 Å². The molecule has 0 fully saturated rings. The number of benzene rings is 1. The summed E-state index contributed by atoms with van der Waals surface area (Å²) in [5.74, 6) is -5.61. The molecular weight excluding hydrogens is 303 g/mol. The minimum Gasteiger partial charge on any atom is -0.465 e. The Morgan fingerprint density at radius 3 is 2.35 bits per heavy atom. The molecule has 2 rings (SSSR count). The predicted molar refractivity (Wildman–Crippen MR) is 63.1 cm³/mol. The fourth-order valence-corrected chi connectivity index (χ4v) is 2.56. The highest BCUT2D eigenvalue weighted by Gasteiger charge is 2.58. The quantitative estimate of drug-likeness (QED) is 0.609. The minimum atomic E-state index is -5.66. The molecule has 0 aliphatic carbocycles. The molecule has 0 amide bonds. The maximum Gasteiger partial charge on any atom is 0.458 e. The third-order valence-corrected chi connectivity index (χ3v) is 3.72. The number of rotatable bonds is 2. The summed E-state index contributed by atoms with van der Waals surface area (Å²) in [4.78, 5) is 11.4. The molecule has 1 aromatic carbocycles. The van der Waals surface area contributed by atoms with Crippen molar-refractivity contribution in [2.45, 2.75) is 12.1 Å². The molecule has 2 aromatic rings. The Kier molecular flexibility index (Phi) is 3.45. The molecule has 2 nitrogen and oxygen atoms in total. The van der Waals surface area contributed by atoms with E-state index in [4.69, 9.17) is 0 Å². The number of alkyl halides is 5. The van der Waals surface area contributed by atoms with Gasteiger partial charge in [0.2, 0.25) is 0 Å². The molecule has 0 aliphatic heterocycles. The van der Waals surface area contributed by atoms with Gasteiger partial charge in [-0.2, -0.15) is 22.0 Å². The summed E-state index contributed by atoms with van der Waals surface area (Å²) >= 11 is 0.956. The average Bonchev–Trinajstić information content (AvgIpc) is 2.79. The number of carbonyl (C=O) groups is 1. The summed E-state index contributed by atoms with van der Waals surface area (Å²) in [7, 11) is 1.15. The zero-order valence-corrected chi connectivity index (χ0v) is 10.7. The molecule has 0 unspecified atom stereocenters. The highest BCUT2D eigenvalue weighted by Crippen LogP contribution is 2.44. The molecule has 1 aromatic heterocycles. The van der Waals surface area contributed by atoms with Crippen LogP contribution in [-0.2, 0) is 10.7 Å². The van der Waals surface area contributed by atoms with Gasteiger partial charge in [-0.05, 0) is 23.6 Å². The van der Waals surface area contributed by atoms with Crippen molar-refractivity contribution < 1.29 is 31.5 Å². The van der Waals surface area contributed by atoms with Crippen molar-refractivity contribution >= 4 is 27.4 Å². The molecule has 0 atom stereocenters. The van der Waals surface area contributed by atoms with E-state index in [1.165, 1.54) is 6.07 Å². The van der Waals surface area contributed by atoms with E-state index in [1.54, 1.807) is 0 Å². The van der Waals surface area contributed by atoms with Crippen LogP contribution < -0.4 is 0 Å². The Bertz CT molecular complexity index is 659. The molecule has 0 spiro atoms. The second-order valence-electron chi connectivity index (χ2n) is 3.93. The van der Waals surface area contributed by atoms with Gasteiger partial charge in [0.25, 0.3) is 0 Å². The Morgan fingerprint density at radius 2 is 1.80 bits per heavy atom. The van der Waals surface area contributed by atoms with E-state index in [0.29, 0.717) is 10.8 Å². The van der Waals surface area contributed by atoms with Crippen LogP contribution >= 0.6 is 11.3 Å². The van der Waals surface area contributed by atoms with Crippen LogP contribution in [0.15, 0.2) is 24.3 Å². The first-order valence-corrected chi connectivity index (χ1v) is 6.05. The second kappa shape index (κ2) is 4.69. The first-order chi connectivity index (χ1) is 9.16. The van der Waals surface area contributed by atoms with Crippen LogP contribution in [0.25, 0.3) is 10.1 Å². The Balaban J connectivity index is 2.52. The fraction of sp³-hybridized carbons (Fsp3) is 0.250. The lowest BCUT2D eigenvalue weighted by Gasteiger charge is -2.19. The van der Waals surface area contributed by atoms with Crippen LogP contribution in [0.1, 0.15) is 15.2 Å². The molecule has 0 saturated carbocycles. The molecule has 108 valence electrons. The van der Waals surface area contributed by atoms with Crippen molar-refractivity contribution in [1.29, 1.82) is 0 Å². The van der Waals surface area contributed by atoms with E-state index in [9.17, 15) is 26.7 Å². The highest BCUT2D eigenvalue weighted by atomic mass is 32.1. The van der Waals surface area contributed by atoms with Gasteiger partial charge < -0.3 is 4.74 Å². The van der Waals surface area contributed by atoms with E-state index in [2.05, 4.69) is 4.74 Å². The molecule has 0 bridgehead atoms. The van der Waals surface area contributed by atoms with Gasteiger partial charge >= 0.3 is 18.1 Å². The molecule has 1 heterocycles. The maximum absolute atomic E-state index is 13.2. The van der Waals surface area contributed by atoms with E-state index in [-0.39, 0.29) is 10.3 Å². The number of ether oxygens (including phenoxy) is 1. The molecular formula is C12H7F5O2S. The normalized spacial score (nSPS) is 12.7. The summed E-state index contributed by atoms with van der Waals surface area (Å²) in [5.41, 5.74) is -1.16. The Labute approximate surface area is 113 Å². The van der Waals surface area contributed by atoms with Gasteiger partial charge in [0.05, 0.1) is 7.11 Å². The first-order valence-electron chi connectivity index (χ1n) is 5.24. The zero-order chi connectivity index (χ0) is 15.1. The largest absolute Gasteiger partial charge is 0.465 e. The van der Waals surface area contributed by atoms with Crippen LogP contribution in [0.2, 0.25) is 0 Å². The number of carbonyl (C=O) groups excluding carboxylic acids is 1. The van der Waals surface area contributed by atoms with Crippen LogP contribution in [0, 0.1) is 0 Å². The van der Waals surface area contributed by atoms with Gasteiger partial charge in [0.15, 0.2) is 0 Å². The minimum absolute atomic E-state index is 0.134. The fourth-order valence-electron chi connectivity index (χ4n) is 1.60. The number of hydrogen-bond donors (Lipinski definition) is 0. The molecule has 0 N–H and O–H groups in total. The van der Waals surface area contributed by atoms with Crippen LogP contribution in [0.3, 0.4) is 0 Å². The van der Waals surface area contributed by atoms with E-state index < -0.39 is 23.6 Å². The molecule has 8 heteroatoms. The van der Waals surface area contributed by atoms with Gasteiger partial charge in [-0.15, -0.1) is 11.3 Å². The smallest absolute Gasteiger partial charge is 0.458 e. The lowest BCUT2D eigenvalue weighted by Crippen LogP contribution is -2.33. The van der Waals surface area contributed by atoms with Crippen molar-refractivity contribution in [3.63, 3.8) is 0 Å². The highest BCUT2D eigenvalue weighted by molar-refractivity contribution is 7.20. The summed E-state index contributed by atoms with van der Waals surface area (Å²) in [6, 6.07) is 3.78. The number of fused-ring (bicyclic) bond motifs is 1. The van der Waals surface area contributed by atoms with Crippen molar-refractivity contribution in [2.24, 2.45) is 0 Å². The zero-order valence-electron chi connectivity index (χ0n) is 9.92. The topological polar surface area (TPSA) is 26.3 Å². The van der Waals surface area contributed by atoms with Crippen LogP contribution in [-0.4, -0.2) is 19.3 Å². The van der Waals surface area contributed by atoms with Gasteiger partial charge in [0, 0.05) is 10.3 Å². The standard InChI is InChI=1S/C12H7F5O2S/c1-19-10(18)9-5-6-4-7(2-3-8(6)20-9)11(13,14)12(15,16)17/h2-5H,1H3. The maximum atomic E-state index is 13.2. The predicted octanol–water partition coefficient (Wildman–Crippen LogP) is 4.34. The van der Waals surface area contributed by atoms with Crippen molar-refractivity contribution in [3.05, 3.63) is 34.7 Å². The average molecular weight is 310 g/mol. The van der Waals surface area contributed by atoms with E-state index >= 15 is 0 Å². The number of methoxy groups -OCH3 is 1. The van der Waals surface area contributed by atoms with Gasteiger partial charge in [0.1, 0.15) is 4.88 Å². The summed E-state index contributed by atoms with van der Waals surface area (Å²) in [6.07, 6.45) is -5.66. The molecule has 0 aliphatic rings. The van der Waals surface area contributed by atoms with E-state index in [0.717, 1.165) is 30.6 Å². The molecule has 20 heavy (non-hydrogen) atoms. The molecule has 0 saturated heterocycles. The molecule has 0 radical (unpaired) electrons. The lowest BCUT2D eigenvalue weighted by molar-refractivity contribution is -0.289. The van der Waals surface area contributed by atoms with E-state index in [1.807, 2.05) is 0 Å². The third kappa shape index (κ3) is 2.35. The Morgan fingerprint density at radius 1 is 1.15 bits per heavy atom. The van der Waals surface area contributed by atoms with Gasteiger partial charge in [-0.3, -0.25) is 0 Å². The van der Waals surface area contributed by atoms with Gasteiger partial charge in [-0.25, -0.2) is 4.79 Å². The third-order valence-electron chi connectivity index (χ3n) is 2.62. The van der Waals surface area contributed by atoms with Crippen molar-refractivity contribution in [3.8, 4) is 0 Å². The van der Waals surface area contributed by atoms with Gasteiger partial charge in [-0.1, -0.05) is 6.07 Å². The summed E-state index contributed by atoms with van der Waals surface area (Å²) < 4.78 is 68.2. The number of hydrogen-bond acceptors (Lipinski definition) is 3. The second-order valence-corrected chi connectivity index (χ2v) is 5.01. The number of esters is 1. The number of thiophene rings is 1. The van der Waals surface area contributed by atoms with Crippen LogP contribution in [0.4, 0.5) is 22.0 Å². The monoisotopic (exact) mass is 310 g/mol. The first kappa shape index (κ1) is 14.7. The summed E-state index contributed by atoms with van der Waals surface area (Å²) in [5, 5.41) is 0.136. The van der Waals surface area contributed by atoms with Crippen molar-refractivity contribution in [1.82, 2.24) is 0 Å². The summed E-state index contributed by atoms with van der Waals surface area (Å²) in [6.45, 7) is 0. The van der Waals surface area contributed by atoms with Crippen LogP contribution in [0.5, 0.6) is 0 Å². The number of halogens is 5. The Hall–Kier alpha value is -1.70. The lowest BCUT2D eigenvalue weighted by atomic mass is 10.1.